The molecule has 2 N–H and O–H groups in total. The van der Waals surface area contributed by atoms with Crippen LogP contribution in [0.1, 0.15) is 11.6 Å². The van der Waals surface area contributed by atoms with Crippen LogP contribution in [0.25, 0.3) is 0 Å². The van der Waals surface area contributed by atoms with Gasteiger partial charge in [-0.15, -0.1) is 0 Å². The minimum atomic E-state index is -0.182. The fraction of sp³-hybridized carbons (Fsp3) is 0.300. The van der Waals surface area contributed by atoms with Crippen LogP contribution in [0.4, 0.5) is 4.79 Å². The number of carbonyl (C=O) groups is 1. The SMILES string of the molecule is O=C1NC[C@@H](c2cc3c(cc2Cl)OCO3)N1. The zero-order valence-electron chi connectivity index (χ0n) is 8.25. The standard InChI is InChI=1S/C10H9ClN2O3/c11-6-2-9-8(15-4-16-9)1-5(6)7-3-12-10(14)13-7/h1-2,7H,3-4H2,(H2,12,13,14)/t7-/m0/s1. The number of halogens is 1. The molecule has 2 aliphatic rings. The summed E-state index contributed by atoms with van der Waals surface area (Å²) in [5.41, 5.74) is 0.837. The van der Waals surface area contributed by atoms with Crippen LogP contribution in [0.3, 0.4) is 0 Å². The predicted octanol–water partition coefficient (Wildman–Crippen LogP) is 1.42. The maximum atomic E-state index is 11.1. The Hall–Kier alpha value is -1.62. The van der Waals surface area contributed by atoms with Crippen LogP contribution in [0, 0.1) is 0 Å². The molecular weight excluding hydrogens is 232 g/mol. The third kappa shape index (κ3) is 1.44. The summed E-state index contributed by atoms with van der Waals surface area (Å²) in [6.07, 6.45) is 0. The quantitative estimate of drug-likeness (QED) is 0.781. The van der Waals surface area contributed by atoms with E-state index >= 15 is 0 Å². The van der Waals surface area contributed by atoms with Crippen LogP contribution < -0.4 is 20.1 Å². The number of ether oxygens (including phenoxy) is 2. The van der Waals surface area contributed by atoms with Gasteiger partial charge in [-0.25, -0.2) is 4.79 Å². The van der Waals surface area contributed by atoms with Crippen molar-refractivity contribution in [3.8, 4) is 11.5 Å². The van der Waals surface area contributed by atoms with E-state index in [-0.39, 0.29) is 18.9 Å². The van der Waals surface area contributed by atoms with Crippen LogP contribution in [0.2, 0.25) is 5.02 Å². The average Bonchev–Trinajstić information content (AvgIpc) is 2.84. The summed E-state index contributed by atoms with van der Waals surface area (Å²) in [5, 5.41) is 6.02. The zero-order valence-corrected chi connectivity index (χ0v) is 9.00. The molecule has 2 heterocycles. The van der Waals surface area contributed by atoms with Gasteiger partial charge in [-0.3, -0.25) is 0 Å². The Morgan fingerprint density at radius 1 is 1.31 bits per heavy atom. The van der Waals surface area contributed by atoms with Gasteiger partial charge in [0.2, 0.25) is 6.79 Å². The van der Waals surface area contributed by atoms with Crippen molar-refractivity contribution in [2.45, 2.75) is 6.04 Å². The van der Waals surface area contributed by atoms with Gasteiger partial charge in [-0.1, -0.05) is 11.6 Å². The molecule has 5 nitrogen and oxygen atoms in total. The van der Waals surface area contributed by atoms with Crippen molar-refractivity contribution in [3.05, 3.63) is 22.7 Å². The van der Waals surface area contributed by atoms with Crippen LogP contribution in [-0.4, -0.2) is 19.4 Å². The molecule has 0 spiro atoms. The van der Waals surface area contributed by atoms with Gasteiger partial charge in [0.15, 0.2) is 11.5 Å². The maximum Gasteiger partial charge on any atom is 0.315 e. The third-order valence-corrected chi connectivity index (χ3v) is 2.97. The van der Waals surface area contributed by atoms with Crippen molar-refractivity contribution in [1.29, 1.82) is 0 Å². The first kappa shape index (κ1) is 9.59. The number of nitrogens with one attached hydrogen (secondary N) is 2. The Balaban J connectivity index is 1.98. The number of benzene rings is 1. The molecule has 1 saturated heterocycles. The van der Waals surface area contributed by atoms with Crippen LogP contribution in [0.5, 0.6) is 11.5 Å². The number of hydrogen-bond donors (Lipinski definition) is 2. The van der Waals surface area contributed by atoms with Crippen LogP contribution in [0.15, 0.2) is 12.1 Å². The van der Waals surface area contributed by atoms with Gasteiger partial charge in [0.1, 0.15) is 0 Å². The number of hydrogen-bond acceptors (Lipinski definition) is 3. The number of urea groups is 1. The van der Waals surface area contributed by atoms with Gasteiger partial charge in [-0.2, -0.15) is 0 Å². The molecule has 2 aliphatic heterocycles. The Bertz CT molecular complexity index is 464. The van der Waals surface area contributed by atoms with Gasteiger partial charge in [-0.05, 0) is 11.6 Å². The highest BCUT2D eigenvalue weighted by atomic mass is 35.5. The molecule has 3 rings (SSSR count). The molecule has 84 valence electrons. The summed E-state index contributed by atoms with van der Waals surface area (Å²) in [6, 6.07) is 3.22. The molecule has 0 bridgehead atoms. The van der Waals surface area contributed by atoms with E-state index in [2.05, 4.69) is 10.6 Å². The lowest BCUT2D eigenvalue weighted by atomic mass is 10.1. The molecule has 0 saturated carbocycles. The van der Waals surface area contributed by atoms with Gasteiger partial charge < -0.3 is 20.1 Å². The zero-order chi connectivity index (χ0) is 11.1. The summed E-state index contributed by atoms with van der Waals surface area (Å²) in [4.78, 5) is 11.1. The van der Waals surface area contributed by atoms with Crippen molar-refractivity contribution >= 4 is 17.6 Å². The second-order valence-electron chi connectivity index (χ2n) is 3.63. The smallest absolute Gasteiger partial charge is 0.315 e. The first-order valence-corrected chi connectivity index (χ1v) is 5.25. The topological polar surface area (TPSA) is 59.6 Å². The lowest BCUT2D eigenvalue weighted by Gasteiger charge is -2.11. The van der Waals surface area contributed by atoms with E-state index in [9.17, 15) is 4.79 Å². The lowest BCUT2D eigenvalue weighted by Crippen LogP contribution is -2.21. The average molecular weight is 241 g/mol. The fourth-order valence-corrected chi connectivity index (χ4v) is 2.13. The van der Waals surface area contributed by atoms with E-state index in [4.69, 9.17) is 21.1 Å². The molecule has 6 heteroatoms. The summed E-state index contributed by atoms with van der Waals surface area (Å²) in [7, 11) is 0. The maximum absolute atomic E-state index is 11.1. The van der Waals surface area contributed by atoms with E-state index in [1.54, 1.807) is 6.07 Å². The van der Waals surface area contributed by atoms with E-state index in [0.717, 1.165) is 5.56 Å². The van der Waals surface area contributed by atoms with E-state index in [1.165, 1.54) is 0 Å². The van der Waals surface area contributed by atoms with Gasteiger partial charge >= 0.3 is 6.03 Å². The predicted molar refractivity (Wildman–Crippen MR) is 56.9 cm³/mol. The summed E-state index contributed by atoms with van der Waals surface area (Å²) >= 11 is 6.12. The first-order chi connectivity index (χ1) is 7.74. The third-order valence-electron chi connectivity index (χ3n) is 2.64. The van der Waals surface area contributed by atoms with E-state index < -0.39 is 0 Å². The minimum Gasteiger partial charge on any atom is -0.454 e. The monoisotopic (exact) mass is 240 g/mol. The van der Waals surface area contributed by atoms with Gasteiger partial charge in [0, 0.05) is 17.6 Å². The molecule has 16 heavy (non-hydrogen) atoms. The normalized spacial score (nSPS) is 21.8. The molecule has 1 aromatic carbocycles. The Morgan fingerprint density at radius 3 is 2.75 bits per heavy atom. The second-order valence-corrected chi connectivity index (χ2v) is 4.04. The molecule has 2 amide bonds. The van der Waals surface area contributed by atoms with Crippen molar-refractivity contribution in [2.75, 3.05) is 13.3 Å². The van der Waals surface area contributed by atoms with E-state index in [0.29, 0.717) is 23.1 Å². The Morgan fingerprint density at radius 2 is 2.06 bits per heavy atom. The number of amides is 2. The summed E-state index contributed by atoms with van der Waals surface area (Å²) in [5.74, 6) is 1.31. The molecule has 0 aromatic heterocycles. The molecule has 1 aromatic rings. The number of fused-ring (bicyclic) bond motifs is 1. The Kier molecular flexibility index (Phi) is 2.07. The molecule has 0 radical (unpaired) electrons. The largest absolute Gasteiger partial charge is 0.454 e. The van der Waals surface area contributed by atoms with E-state index in [1.807, 2.05) is 6.07 Å². The second kappa shape index (κ2) is 3.45. The highest BCUT2D eigenvalue weighted by molar-refractivity contribution is 6.31. The molecule has 0 aliphatic carbocycles. The molecule has 1 fully saturated rings. The summed E-state index contributed by atoms with van der Waals surface area (Å²) < 4.78 is 10.5. The number of carbonyl (C=O) groups excluding carboxylic acids is 1. The van der Waals surface area contributed by atoms with Crippen molar-refractivity contribution in [1.82, 2.24) is 10.6 Å². The first-order valence-electron chi connectivity index (χ1n) is 4.87. The van der Waals surface area contributed by atoms with Crippen molar-refractivity contribution < 1.29 is 14.3 Å². The minimum absolute atomic E-state index is 0.116. The lowest BCUT2D eigenvalue weighted by molar-refractivity contribution is 0.174. The fourth-order valence-electron chi connectivity index (χ4n) is 1.84. The highest BCUT2D eigenvalue weighted by Crippen LogP contribution is 2.39. The number of rotatable bonds is 1. The summed E-state index contributed by atoms with van der Waals surface area (Å²) in [6.45, 7) is 0.739. The molecule has 1 atom stereocenters. The van der Waals surface area contributed by atoms with Crippen molar-refractivity contribution in [3.63, 3.8) is 0 Å². The Labute approximate surface area is 96.7 Å². The molecular formula is C10H9ClN2O3. The highest BCUT2D eigenvalue weighted by Gasteiger charge is 2.26. The van der Waals surface area contributed by atoms with Crippen LogP contribution in [-0.2, 0) is 0 Å². The molecule has 0 unspecified atom stereocenters. The van der Waals surface area contributed by atoms with Gasteiger partial charge in [0.05, 0.1) is 6.04 Å². The van der Waals surface area contributed by atoms with Gasteiger partial charge in [0.25, 0.3) is 0 Å². The van der Waals surface area contributed by atoms with Crippen LogP contribution >= 0.6 is 11.6 Å². The van der Waals surface area contributed by atoms with Crippen molar-refractivity contribution in [2.24, 2.45) is 0 Å².